The van der Waals surface area contributed by atoms with E-state index in [-0.39, 0.29) is 11.9 Å². The molecule has 0 spiro atoms. The van der Waals surface area contributed by atoms with Crippen molar-refractivity contribution in [3.8, 4) is 0 Å². The second-order valence-corrected chi connectivity index (χ2v) is 5.67. The molecule has 0 aromatic heterocycles. The fourth-order valence-corrected chi connectivity index (χ4v) is 2.57. The van der Waals surface area contributed by atoms with Gasteiger partial charge in [-0.2, -0.15) is 0 Å². The minimum atomic E-state index is -0.728. The molecule has 1 aliphatic carbocycles. The van der Waals surface area contributed by atoms with Crippen LogP contribution >= 0.6 is 0 Å². The van der Waals surface area contributed by atoms with Gasteiger partial charge in [0.1, 0.15) is 0 Å². The minimum absolute atomic E-state index is 0.0329. The van der Waals surface area contributed by atoms with Gasteiger partial charge in [-0.15, -0.1) is 0 Å². The van der Waals surface area contributed by atoms with Gasteiger partial charge >= 0.3 is 6.03 Å². The quantitative estimate of drug-likeness (QED) is 0.755. The highest BCUT2D eigenvalue weighted by Crippen LogP contribution is 2.39. The Labute approximate surface area is 114 Å². The summed E-state index contributed by atoms with van der Waals surface area (Å²) in [6, 6.07) is -0.0488. The summed E-state index contributed by atoms with van der Waals surface area (Å²) in [7, 11) is 0. The minimum Gasteiger partial charge on any atom is -0.338 e. The molecular weight excluding hydrogens is 244 g/mol. The molecule has 1 unspecified atom stereocenters. The third-order valence-electron chi connectivity index (χ3n) is 4.07. The van der Waals surface area contributed by atoms with Crippen LogP contribution in [0.25, 0.3) is 0 Å². The van der Waals surface area contributed by atoms with Crippen LogP contribution in [0, 0.1) is 5.92 Å². The van der Waals surface area contributed by atoms with Crippen molar-refractivity contribution in [3.63, 3.8) is 0 Å². The van der Waals surface area contributed by atoms with E-state index in [1.54, 1.807) is 9.80 Å². The molecule has 19 heavy (non-hydrogen) atoms. The van der Waals surface area contributed by atoms with Crippen LogP contribution in [0.1, 0.15) is 26.7 Å². The number of nitrogens with one attached hydrogen (secondary N) is 1. The fourth-order valence-electron chi connectivity index (χ4n) is 2.57. The molecule has 1 aliphatic heterocycles. The van der Waals surface area contributed by atoms with Crippen molar-refractivity contribution in [2.75, 3.05) is 32.7 Å². The van der Waals surface area contributed by atoms with E-state index in [9.17, 15) is 9.59 Å². The first kappa shape index (κ1) is 14.1. The summed E-state index contributed by atoms with van der Waals surface area (Å²) >= 11 is 0. The average molecular weight is 268 g/mol. The van der Waals surface area contributed by atoms with Crippen LogP contribution in [-0.2, 0) is 4.79 Å². The lowest BCUT2D eigenvalue weighted by molar-refractivity contribution is -0.138. The molecule has 1 saturated heterocycles. The van der Waals surface area contributed by atoms with Crippen molar-refractivity contribution in [1.29, 1.82) is 0 Å². The predicted octanol–water partition coefficient (Wildman–Crippen LogP) is -0.0125. The zero-order chi connectivity index (χ0) is 14.0. The highest BCUT2D eigenvalue weighted by molar-refractivity contribution is 5.86. The molecular formula is C13H24N4O2. The Balaban J connectivity index is 1.86. The summed E-state index contributed by atoms with van der Waals surface area (Å²) in [5, 5.41) is 2.78. The molecule has 3 amide bonds. The normalized spacial score (nSPS) is 22.9. The summed E-state index contributed by atoms with van der Waals surface area (Å²) < 4.78 is 0. The van der Waals surface area contributed by atoms with E-state index in [4.69, 9.17) is 5.73 Å². The Morgan fingerprint density at radius 2 is 1.74 bits per heavy atom. The van der Waals surface area contributed by atoms with Gasteiger partial charge in [-0.1, -0.05) is 0 Å². The maximum atomic E-state index is 12.4. The van der Waals surface area contributed by atoms with Crippen LogP contribution in [0.3, 0.4) is 0 Å². The van der Waals surface area contributed by atoms with Crippen molar-refractivity contribution in [3.05, 3.63) is 0 Å². The lowest BCUT2D eigenvalue weighted by atomic mass is 9.95. The molecule has 108 valence electrons. The van der Waals surface area contributed by atoms with Gasteiger partial charge in [0.05, 0.1) is 5.54 Å². The first-order chi connectivity index (χ1) is 8.96. The Bertz CT molecular complexity index is 358. The van der Waals surface area contributed by atoms with Crippen LogP contribution in [0.2, 0.25) is 0 Å². The summed E-state index contributed by atoms with van der Waals surface area (Å²) in [6.07, 6.45) is 2.11. The second-order valence-electron chi connectivity index (χ2n) is 5.67. The maximum Gasteiger partial charge on any atom is 0.317 e. The molecule has 2 fully saturated rings. The highest BCUT2D eigenvalue weighted by Gasteiger charge is 2.46. The van der Waals surface area contributed by atoms with E-state index < -0.39 is 5.54 Å². The largest absolute Gasteiger partial charge is 0.338 e. The smallest absolute Gasteiger partial charge is 0.317 e. The average Bonchev–Trinajstić information content (AvgIpc) is 3.23. The molecule has 0 radical (unpaired) electrons. The number of nitrogens with two attached hydrogens (primary N) is 1. The number of carbonyl (C=O) groups is 2. The van der Waals surface area contributed by atoms with E-state index >= 15 is 0 Å². The molecule has 0 aromatic carbocycles. The summed E-state index contributed by atoms with van der Waals surface area (Å²) in [4.78, 5) is 27.6. The van der Waals surface area contributed by atoms with Crippen LogP contribution in [0.5, 0.6) is 0 Å². The SMILES string of the molecule is CCNC(=O)N1CCN(C(=O)C(C)(N)C2CC2)CC1. The number of amides is 3. The van der Waals surface area contributed by atoms with Gasteiger partial charge < -0.3 is 20.9 Å². The number of rotatable bonds is 3. The summed E-state index contributed by atoms with van der Waals surface area (Å²) in [5.74, 6) is 0.368. The van der Waals surface area contributed by atoms with Crippen molar-refractivity contribution in [2.24, 2.45) is 11.7 Å². The van der Waals surface area contributed by atoms with E-state index in [1.165, 1.54) is 0 Å². The van der Waals surface area contributed by atoms with Crippen LogP contribution in [0.15, 0.2) is 0 Å². The molecule has 1 atom stereocenters. The van der Waals surface area contributed by atoms with Gasteiger partial charge in [0.2, 0.25) is 5.91 Å². The Kier molecular flexibility index (Phi) is 3.99. The second kappa shape index (κ2) is 5.36. The zero-order valence-electron chi connectivity index (χ0n) is 11.8. The Hall–Kier alpha value is -1.30. The molecule has 0 bridgehead atoms. The third kappa shape index (κ3) is 3.00. The van der Waals surface area contributed by atoms with Gasteiger partial charge in [-0.3, -0.25) is 4.79 Å². The molecule has 0 aromatic rings. The van der Waals surface area contributed by atoms with Crippen LogP contribution in [0.4, 0.5) is 4.79 Å². The lowest BCUT2D eigenvalue weighted by Crippen LogP contribution is -2.60. The molecule has 2 aliphatic rings. The first-order valence-electron chi connectivity index (χ1n) is 7.07. The zero-order valence-corrected chi connectivity index (χ0v) is 11.8. The molecule has 1 heterocycles. The van der Waals surface area contributed by atoms with E-state index in [0.29, 0.717) is 38.6 Å². The number of hydrogen-bond donors (Lipinski definition) is 2. The molecule has 6 nitrogen and oxygen atoms in total. The van der Waals surface area contributed by atoms with Crippen molar-refractivity contribution < 1.29 is 9.59 Å². The van der Waals surface area contributed by atoms with Gasteiger partial charge in [0.25, 0.3) is 0 Å². The number of piperazine rings is 1. The van der Waals surface area contributed by atoms with E-state index in [0.717, 1.165) is 12.8 Å². The van der Waals surface area contributed by atoms with Crippen molar-refractivity contribution in [2.45, 2.75) is 32.2 Å². The molecule has 2 rings (SSSR count). The summed E-state index contributed by atoms with van der Waals surface area (Å²) in [6.45, 7) is 6.68. The maximum absolute atomic E-state index is 12.4. The highest BCUT2D eigenvalue weighted by atomic mass is 16.2. The van der Waals surface area contributed by atoms with Gasteiger partial charge in [-0.25, -0.2) is 4.79 Å². The van der Waals surface area contributed by atoms with Gasteiger partial charge in [0, 0.05) is 32.7 Å². The molecule has 3 N–H and O–H groups in total. The van der Waals surface area contributed by atoms with Crippen molar-refractivity contribution >= 4 is 11.9 Å². The third-order valence-corrected chi connectivity index (χ3v) is 4.07. The lowest BCUT2D eigenvalue weighted by Gasteiger charge is -2.38. The molecule has 1 saturated carbocycles. The molecule has 6 heteroatoms. The standard InChI is InChI=1S/C13H24N4O2/c1-3-15-12(19)17-8-6-16(7-9-17)11(18)13(2,14)10-4-5-10/h10H,3-9,14H2,1-2H3,(H,15,19). The van der Waals surface area contributed by atoms with Gasteiger partial charge in [-0.05, 0) is 32.6 Å². The van der Waals surface area contributed by atoms with E-state index in [1.807, 2.05) is 13.8 Å². The topological polar surface area (TPSA) is 78.7 Å². The van der Waals surface area contributed by atoms with E-state index in [2.05, 4.69) is 5.32 Å². The van der Waals surface area contributed by atoms with Gasteiger partial charge in [0.15, 0.2) is 0 Å². The van der Waals surface area contributed by atoms with Crippen LogP contribution < -0.4 is 11.1 Å². The fraction of sp³-hybridized carbons (Fsp3) is 0.846. The first-order valence-corrected chi connectivity index (χ1v) is 7.07. The number of hydrogen-bond acceptors (Lipinski definition) is 3. The Morgan fingerprint density at radius 3 is 2.21 bits per heavy atom. The van der Waals surface area contributed by atoms with Crippen molar-refractivity contribution in [1.82, 2.24) is 15.1 Å². The monoisotopic (exact) mass is 268 g/mol. The van der Waals surface area contributed by atoms with Crippen LogP contribution in [-0.4, -0.2) is 60.0 Å². The summed E-state index contributed by atoms with van der Waals surface area (Å²) in [5.41, 5.74) is 5.43. The number of carbonyl (C=O) groups excluding carboxylic acids is 2. The number of urea groups is 1. The number of nitrogens with zero attached hydrogens (tertiary/aromatic N) is 2. The predicted molar refractivity (Wildman–Crippen MR) is 72.5 cm³/mol. The Morgan fingerprint density at radius 1 is 1.21 bits per heavy atom.